The monoisotopic (exact) mass is 672 g/mol. The Morgan fingerprint density at radius 3 is 2.36 bits per heavy atom. The molecule has 44 heavy (non-hydrogen) atoms. The largest absolute Gasteiger partial charge is 0.495 e. The fourth-order valence-corrected chi connectivity index (χ4v) is 7.09. The number of esters is 1. The van der Waals surface area contributed by atoms with Gasteiger partial charge in [0.25, 0.3) is 5.91 Å². The van der Waals surface area contributed by atoms with Crippen molar-refractivity contribution >= 4 is 55.9 Å². The van der Waals surface area contributed by atoms with E-state index in [2.05, 4.69) is 21.2 Å². The molecular weight excluding hydrogens is 640 g/mol. The summed E-state index contributed by atoms with van der Waals surface area (Å²) in [4.78, 5) is 33.0. The number of aromatic nitrogens is 1. The second-order valence-electron chi connectivity index (χ2n) is 12.7. The Balaban J connectivity index is 1.47. The van der Waals surface area contributed by atoms with Crippen LogP contribution in [-0.4, -0.2) is 35.1 Å². The third-order valence-electron chi connectivity index (χ3n) is 8.65. The van der Waals surface area contributed by atoms with Crippen molar-refractivity contribution in [3.05, 3.63) is 99.5 Å². The zero-order valence-corrected chi connectivity index (χ0v) is 27.5. The summed E-state index contributed by atoms with van der Waals surface area (Å²) in [5.74, 6) is 0.0553. The van der Waals surface area contributed by atoms with E-state index in [0.29, 0.717) is 47.7 Å². The first-order chi connectivity index (χ1) is 20.9. The van der Waals surface area contributed by atoms with E-state index in [1.807, 2.05) is 93.6 Å². The summed E-state index contributed by atoms with van der Waals surface area (Å²) in [6, 6.07) is 23.0. The van der Waals surface area contributed by atoms with Crippen molar-refractivity contribution in [3.8, 4) is 17.0 Å². The molecule has 0 radical (unpaired) electrons. The van der Waals surface area contributed by atoms with Crippen LogP contribution in [0.15, 0.2) is 83.3 Å². The molecule has 0 saturated heterocycles. The van der Waals surface area contributed by atoms with Crippen molar-refractivity contribution in [1.29, 1.82) is 0 Å². The number of nitrogens with zero attached hydrogens (tertiary/aromatic N) is 1. The van der Waals surface area contributed by atoms with Crippen molar-refractivity contribution in [2.45, 2.75) is 57.6 Å². The minimum absolute atomic E-state index is 0.218. The van der Waals surface area contributed by atoms with Gasteiger partial charge in [-0.05, 0) is 82.4 Å². The molecule has 0 aliphatic heterocycles. The second kappa shape index (κ2) is 11.4. The van der Waals surface area contributed by atoms with E-state index in [-0.39, 0.29) is 11.9 Å². The van der Waals surface area contributed by atoms with E-state index in [9.17, 15) is 9.59 Å². The van der Waals surface area contributed by atoms with Crippen molar-refractivity contribution < 1.29 is 19.1 Å². The van der Waals surface area contributed by atoms with Crippen molar-refractivity contribution in [2.24, 2.45) is 5.41 Å². The van der Waals surface area contributed by atoms with E-state index in [0.717, 1.165) is 32.1 Å². The average molecular weight is 674 g/mol. The molecule has 0 spiro atoms. The highest BCUT2D eigenvalue weighted by molar-refractivity contribution is 9.10. The van der Waals surface area contributed by atoms with E-state index >= 15 is 0 Å². The van der Waals surface area contributed by atoms with Crippen LogP contribution in [0.1, 0.15) is 62.4 Å². The Morgan fingerprint density at radius 2 is 1.68 bits per heavy atom. The lowest BCUT2D eigenvalue weighted by atomic mass is 9.57. The molecule has 6 nitrogen and oxygen atoms in total. The van der Waals surface area contributed by atoms with Crippen LogP contribution in [0.2, 0.25) is 5.02 Å². The van der Waals surface area contributed by atoms with Gasteiger partial charge in [-0.2, -0.15) is 0 Å². The highest BCUT2D eigenvalue weighted by Gasteiger charge is 2.55. The summed E-state index contributed by atoms with van der Waals surface area (Å²) in [6.07, 6.45) is 4.19. The van der Waals surface area contributed by atoms with Gasteiger partial charge >= 0.3 is 5.97 Å². The van der Waals surface area contributed by atoms with Crippen LogP contribution >= 0.6 is 27.5 Å². The number of methoxy groups -OCH3 is 1. The molecule has 0 atom stereocenters. The number of benzene rings is 3. The molecular formula is C36H34BrClN2O4. The van der Waals surface area contributed by atoms with Crippen LogP contribution in [0.3, 0.4) is 0 Å². The van der Waals surface area contributed by atoms with E-state index in [1.54, 1.807) is 13.2 Å². The summed E-state index contributed by atoms with van der Waals surface area (Å²) in [5, 5.41) is 4.62. The van der Waals surface area contributed by atoms with Gasteiger partial charge in [0.15, 0.2) is 0 Å². The van der Waals surface area contributed by atoms with Crippen molar-refractivity contribution in [1.82, 2.24) is 10.3 Å². The number of nitrogens with one attached hydrogen (secondary N) is 1. The third kappa shape index (κ3) is 5.52. The Morgan fingerprint density at radius 1 is 0.955 bits per heavy atom. The molecule has 2 bridgehead atoms. The molecule has 0 unspecified atom stereocenters. The number of hydrogen-bond acceptors (Lipinski definition) is 5. The highest BCUT2D eigenvalue weighted by atomic mass is 79.9. The summed E-state index contributed by atoms with van der Waals surface area (Å²) in [5.41, 5.74) is 2.22. The molecule has 3 aliphatic rings. The van der Waals surface area contributed by atoms with E-state index in [1.165, 1.54) is 0 Å². The number of ether oxygens (including phenoxy) is 2. The number of pyridine rings is 1. The molecule has 7 rings (SSSR count). The van der Waals surface area contributed by atoms with Crippen molar-refractivity contribution in [2.75, 3.05) is 7.11 Å². The predicted molar refractivity (Wildman–Crippen MR) is 178 cm³/mol. The summed E-state index contributed by atoms with van der Waals surface area (Å²) in [6.45, 7) is 5.63. The number of carbonyl (C=O) groups excluding carboxylic acids is 2. The highest BCUT2D eigenvalue weighted by Crippen LogP contribution is 2.56. The van der Waals surface area contributed by atoms with Gasteiger partial charge in [-0.3, -0.25) is 9.59 Å². The summed E-state index contributed by atoms with van der Waals surface area (Å²) >= 11 is 10.5. The number of rotatable bonds is 6. The quantitative estimate of drug-likeness (QED) is 0.207. The molecule has 1 amide bonds. The minimum Gasteiger partial charge on any atom is -0.495 e. The maximum atomic E-state index is 14.5. The molecule has 226 valence electrons. The van der Waals surface area contributed by atoms with Crippen molar-refractivity contribution in [3.63, 3.8) is 0 Å². The van der Waals surface area contributed by atoms with Crippen LogP contribution in [0.5, 0.6) is 5.75 Å². The van der Waals surface area contributed by atoms with Gasteiger partial charge in [-0.1, -0.05) is 76.1 Å². The fraction of sp³-hybridized carbons (Fsp3) is 0.306. The smallest absolute Gasteiger partial charge is 0.316 e. The van der Waals surface area contributed by atoms with Crippen LogP contribution < -0.4 is 10.1 Å². The van der Waals surface area contributed by atoms with Gasteiger partial charge in [-0.15, -0.1) is 0 Å². The first-order valence-corrected chi connectivity index (χ1v) is 15.9. The number of hydrogen-bond donors (Lipinski definition) is 1. The lowest BCUT2D eigenvalue weighted by Crippen LogP contribution is -2.58. The van der Waals surface area contributed by atoms with Gasteiger partial charge in [0, 0.05) is 21.0 Å². The molecule has 1 aromatic heterocycles. The lowest BCUT2D eigenvalue weighted by molar-refractivity contribution is -0.167. The standard InChI is InChI=1S/C36H34BrClN2O4/c1-34(2,3)44-33(42)35-15-17-36(18-16-35,27(21-35)24-11-8-12-30(43-4)31(24)38)40-32(41)26-20-29(22-9-6-5-7-10-22)39-28-14-13-23(37)19-25(26)28/h5-14,19-21H,15-18H2,1-4H3,(H,40,41). The third-order valence-corrected chi connectivity index (χ3v) is 9.53. The first kappa shape index (κ1) is 30.4. The van der Waals surface area contributed by atoms with Crippen LogP contribution in [-0.2, 0) is 9.53 Å². The second-order valence-corrected chi connectivity index (χ2v) is 14.0. The van der Waals surface area contributed by atoms with Gasteiger partial charge in [0.1, 0.15) is 11.4 Å². The lowest BCUT2D eigenvalue weighted by Gasteiger charge is -2.52. The molecule has 1 fully saturated rings. The van der Waals surface area contributed by atoms with E-state index in [4.69, 9.17) is 26.1 Å². The summed E-state index contributed by atoms with van der Waals surface area (Å²) < 4.78 is 12.3. The maximum Gasteiger partial charge on any atom is 0.316 e. The topological polar surface area (TPSA) is 77.5 Å². The predicted octanol–water partition coefficient (Wildman–Crippen LogP) is 8.79. The molecule has 1 N–H and O–H groups in total. The minimum atomic E-state index is -0.809. The van der Waals surface area contributed by atoms with Crippen LogP contribution in [0, 0.1) is 5.41 Å². The first-order valence-electron chi connectivity index (χ1n) is 14.7. The number of amides is 1. The number of fused-ring (bicyclic) bond motifs is 3. The maximum absolute atomic E-state index is 14.5. The Bertz CT molecular complexity index is 1800. The SMILES string of the molecule is COc1cccc(C2=CC3(C(=O)OC(C)(C)C)CCC2(NC(=O)c2cc(-c4ccccc4)nc4ccc(Br)cc24)CC3)c1Cl. The van der Waals surface area contributed by atoms with Gasteiger partial charge in [0.05, 0.1) is 39.9 Å². The zero-order chi connectivity index (χ0) is 31.3. The Hall–Kier alpha value is -3.68. The molecule has 3 aliphatic carbocycles. The average Bonchev–Trinajstić information content (AvgIpc) is 3.00. The van der Waals surface area contributed by atoms with Crippen LogP contribution in [0.25, 0.3) is 27.7 Å². The van der Waals surface area contributed by atoms with Gasteiger partial charge < -0.3 is 14.8 Å². The Labute approximate surface area is 270 Å². The molecule has 1 heterocycles. The normalized spacial score (nSPS) is 21.1. The molecule has 4 aromatic rings. The summed E-state index contributed by atoms with van der Waals surface area (Å²) in [7, 11) is 1.57. The van der Waals surface area contributed by atoms with E-state index < -0.39 is 16.6 Å². The van der Waals surface area contributed by atoms with Gasteiger partial charge in [-0.25, -0.2) is 4.98 Å². The Kier molecular flexibility index (Phi) is 7.83. The number of halogens is 2. The van der Waals surface area contributed by atoms with Crippen LogP contribution in [0.4, 0.5) is 0 Å². The molecule has 3 aromatic carbocycles. The fourth-order valence-electron chi connectivity index (χ4n) is 6.43. The molecule has 1 saturated carbocycles. The number of carbonyl (C=O) groups is 2. The van der Waals surface area contributed by atoms with Gasteiger partial charge in [0.2, 0.25) is 0 Å². The zero-order valence-electron chi connectivity index (χ0n) is 25.2. The molecule has 8 heteroatoms.